The molecule has 0 radical (unpaired) electrons. The van der Waals surface area contributed by atoms with Gasteiger partial charge in [-0.1, -0.05) is 42.1 Å². The summed E-state index contributed by atoms with van der Waals surface area (Å²) in [4.78, 5) is 2.20. The zero-order valence-electron chi connectivity index (χ0n) is 14.1. The molecule has 0 bridgehead atoms. The van der Waals surface area contributed by atoms with E-state index in [2.05, 4.69) is 62.1 Å². The normalized spacial score (nSPS) is 13.1. The predicted octanol–water partition coefficient (Wildman–Crippen LogP) is 3.77. The minimum atomic E-state index is 0.863. The summed E-state index contributed by atoms with van der Waals surface area (Å²) in [5, 5.41) is 9.80. The predicted molar refractivity (Wildman–Crippen MR) is 101 cm³/mol. The SMILES string of the molecule is COc1ccc(N2CCn3c(SCCc4ccccc4)nnc32)cc1. The van der Waals surface area contributed by atoms with Gasteiger partial charge in [0.1, 0.15) is 5.75 Å². The Bertz CT molecular complexity index is 832. The average molecular weight is 352 g/mol. The van der Waals surface area contributed by atoms with Crippen LogP contribution in [-0.4, -0.2) is 34.2 Å². The minimum Gasteiger partial charge on any atom is -0.497 e. The lowest BCUT2D eigenvalue weighted by Gasteiger charge is -2.15. The fraction of sp³-hybridized carbons (Fsp3) is 0.263. The maximum atomic E-state index is 5.23. The van der Waals surface area contributed by atoms with E-state index in [1.54, 1.807) is 18.9 Å². The number of rotatable bonds is 6. The molecule has 0 spiro atoms. The van der Waals surface area contributed by atoms with Gasteiger partial charge < -0.3 is 9.64 Å². The first-order chi connectivity index (χ1) is 12.3. The van der Waals surface area contributed by atoms with Crippen LogP contribution in [0, 0.1) is 0 Å². The standard InChI is InChI=1S/C19H20N4OS/c1-24-17-9-7-16(8-10-17)22-12-13-23-18(22)20-21-19(23)25-14-11-15-5-3-2-4-6-15/h2-10H,11-14H2,1H3. The van der Waals surface area contributed by atoms with Gasteiger partial charge in [-0.15, -0.1) is 10.2 Å². The smallest absolute Gasteiger partial charge is 0.232 e. The molecule has 2 heterocycles. The Kier molecular flexibility index (Phi) is 4.61. The van der Waals surface area contributed by atoms with Gasteiger partial charge in [0.15, 0.2) is 5.16 Å². The topological polar surface area (TPSA) is 43.2 Å². The Morgan fingerprint density at radius 2 is 1.80 bits per heavy atom. The maximum Gasteiger partial charge on any atom is 0.232 e. The fourth-order valence-corrected chi connectivity index (χ4v) is 3.94. The van der Waals surface area contributed by atoms with Gasteiger partial charge in [0.25, 0.3) is 0 Å². The highest BCUT2D eigenvalue weighted by atomic mass is 32.2. The van der Waals surface area contributed by atoms with Crippen LogP contribution in [0.1, 0.15) is 5.56 Å². The van der Waals surface area contributed by atoms with E-state index in [-0.39, 0.29) is 0 Å². The molecule has 0 fully saturated rings. The van der Waals surface area contributed by atoms with E-state index >= 15 is 0 Å². The molecule has 0 amide bonds. The highest BCUT2D eigenvalue weighted by molar-refractivity contribution is 7.99. The third-order valence-electron chi connectivity index (χ3n) is 4.33. The number of methoxy groups -OCH3 is 1. The zero-order chi connectivity index (χ0) is 17.1. The summed E-state index contributed by atoms with van der Waals surface area (Å²) in [6.45, 7) is 1.84. The summed E-state index contributed by atoms with van der Waals surface area (Å²) in [6.07, 6.45) is 1.04. The van der Waals surface area contributed by atoms with Crippen molar-refractivity contribution in [2.75, 3.05) is 24.3 Å². The lowest BCUT2D eigenvalue weighted by atomic mass is 10.2. The maximum absolute atomic E-state index is 5.23. The van der Waals surface area contributed by atoms with E-state index in [0.717, 1.165) is 47.8 Å². The fourth-order valence-electron chi connectivity index (χ4n) is 2.99. The number of aryl methyl sites for hydroxylation is 1. The van der Waals surface area contributed by atoms with Crippen molar-refractivity contribution in [3.8, 4) is 5.75 Å². The van der Waals surface area contributed by atoms with Gasteiger partial charge in [0.2, 0.25) is 5.95 Å². The second kappa shape index (κ2) is 7.19. The van der Waals surface area contributed by atoms with Gasteiger partial charge in [-0.2, -0.15) is 0 Å². The molecule has 3 aromatic rings. The highest BCUT2D eigenvalue weighted by Crippen LogP contribution is 2.32. The number of hydrogen-bond acceptors (Lipinski definition) is 5. The van der Waals surface area contributed by atoms with E-state index in [4.69, 9.17) is 4.74 Å². The molecule has 25 heavy (non-hydrogen) atoms. The van der Waals surface area contributed by atoms with Crippen LogP contribution in [0.4, 0.5) is 11.6 Å². The third-order valence-corrected chi connectivity index (χ3v) is 5.30. The van der Waals surface area contributed by atoms with Crippen molar-refractivity contribution in [1.29, 1.82) is 0 Å². The molecule has 0 saturated carbocycles. The number of anilines is 2. The van der Waals surface area contributed by atoms with E-state index in [0.29, 0.717) is 0 Å². The third kappa shape index (κ3) is 3.35. The molecule has 128 valence electrons. The number of thioether (sulfide) groups is 1. The Labute approximate surface area is 151 Å². The lowest BCUT2D eigenvalue weighted by molar-refractivity contribution is 0.415. The first-order valence-corrected chi connectivity index (χ1v) is 9.35. The second-order valence-electron chi connectivity index (χ2n) is 5.87. The number of aromatic nitrogens is 3. The minimum absolute atomic E-state index is 0.863. The van der Waals surface area contributed by atoms with Crippen molar-refractivity contribution in [3.05, 3.63) is 60.2 Å². The molecule has 0 saturated heterocycles. The van der Waals surface area contributed by atoms with Gasteiger partial charge in [0, 0.05) is 24.5 Å². The van der Waals surface area contributed by atoms with E-state index < -0.39 is 0 Å². The summed E-state index contributed by atoms with van der Waals surface area (Å²) < 4.78 is 7.44. The van der Waals surface area contributed by atoms with Crippen LogP contribution in [0.2, 0.25) is 0 Å². The van der Waals surface area contributed by atoms with E-state index in [1.807, 2.05) is 12.1 Å². The van der Waals surface area contributed by atoms with Gasteiger partial charge in [-0.3, -0.25) is 4.57 Å². The molecule has 0 atom stereocenters. The molecule has 2 aromatic carbocycles. The van der Waals surface area contributed by atoms with Crippen LogP contribution in [0.5, 0.6) is 5.75 Å². The van der Waals surface area contributed by atoms with E-state index in [1.165, 1.54) is 5.56 Å². The molecular formula is C19H20N4OS. The van der Waals surface area contributed by atoms with Crippen molar-refractivity contribution in [3.63, 3.8) is 0 Å². The molecule has 1 aliphatic rings. The number of fused-ring (bicyclic) bond motifs is 1. The van der Waals surface area contributed by atoms with Crippen molar-refractivity contribution in [2.24, 2.45) is 0 Å². The summed E-state index contributed by atoms with van der Waals surface area (Å²) in [5.74, 6) is 2.79. The average Bonchev–Trinajstić information content (AvgIpc) is 3.26. The van der Waals surface area contributed by atoms with Crippen LogP contribution in [0.25, 0.3) is 0 Å². The zero-order valence-corrected chi connectivity index (χ0v) is 14.9. The molecule has 0 N–H and O–H groups in total. The first kappa shape index (κ1) is 16.0. The van der Waals surface area contributed by atoms with Crippen molar-refractivity contribution in [1.82, 2.24) is 14.8 Å². The van der Waals surface area contributed by atoms with Gasteiger partial charge in [-0.05, 0) is 36.2 Å². The Morgan fingerprint density at radius 3 is 2.56 bits per heavy atom. The van der Waals surface area contributed by atoms with Gasteiger partial charge >= 0.3 is 0 Å². The summed E-state index contributed by atoms with van der Waals surface area (Å²) in [7, 11) is 1.68. The summed E-state index contributed by atoms with van der Waals surface area (Å²) in [6, 6.07) is 18.6. The Balaban J connectivity index is 1.44. The molecule has 6 heteroatoms. The summed E-state index contributed by atoms with van der Waals surface area (Å²) in [5.41, 5.74) is 2.48. The van der Waals surface area contributed by atoms with Gasteiger partial charge in [0.05, 0.1) is 7.11 Å². The number of ether oxygens (including phenoxy) is 1. The molecule has 5 nitrogen and oxygen atoms in total. The molecular weight excluding hydrogens is 332 g/mol. The lowest BCUT2D eigenvalue weighted by Crippen LogP contribution is -2.14. The van der Waals surface area contributed by atoms with Crippen LogP contribution in [-0.2, 0) is 13.0 Å². The van der Waals surface area contributed by atoms with Crippen LogP contribution >= 0.6 is 11.8 Å². The molecule has 1 aliphatic heterocycles. The van der Waals surface area contributed by atoms with E-state index in [9.17, 15) is 0 Å². The largest absolute Gasteiger partial charge is 0.497 e. The number of hydrogen-bond donors (Lipinski definition) is 0. The Morgan fingerprint density at radius 1 is 1.00 bits per heavy atom. The van der Waals surface area contributed by atoms with Crippen LogP contribution in [0.15, 0.2) is 59.8 Å². The van der Waals surface area contributed by atoms with Crippen LogP contribution in [0.3, 0.4) is 0 Å². The van der Waals surface area contributed by atoms with Crippen molar-refractivity contribution in [2.45, 2.75) is 18.1 Å². The first-order valence-electron chi connectivity index (χ1n) is 8.36. The molecule has 4 rings (SSSR count). The number of benzene rings is 2. The molecule has 1 aromatic heterocycles. The quantitative estimate of drug-likeness (QED) is 0.632. The monoisotopic (exact) mass is 352 g/mol. The molecule has 0 aliphatic carbocycles. The molecule has 0 unspecified atom stereocenters. The van der Waals surface area contributed by atoms with Gasteiger partial charge in [-0.25, -0.2) is 0 Å². The van der Waals surface area contributed by atoms with Crippen molar-refractivity contribution >= 4 is 23.4 Å². The number of nitrogens with zero attached hydrogens (tertiary/aromatic N) is 4. The summed E-state index contributed by atoms with van der Waals surface area (Å²) >= 11 is 1.77. The highest BCUT2D eigenvalue weighted by Gasteiger charge is 2.25. The Hall–Kier alpha value is -2.47. The van der Waals surface area contributed by atoms with Crippen LogP contribution < -0.4 is 9.64 Å². The second-order valence-corrected chi connectivity index (χ2v) is 6.93. The van der Waals surface area contributed by atoms with Crippen molar-refractivity contribution < 1.29 is 4.74 Å².